The van der Waals surface area contributed by atoms with E-state index in [1.807, 2.05) is 31.0 Å². The molecule has 0 aromatic rings. The standard InChI is InChI=1S/C14H23NO2/c1-4-5-6-8-11(2)14(17)13-12(16)9-7-10-15(13)3/h4-6,11,13-14,17H,1,7-10H2,2-3H3/b6-5-. The van der Waals surface area contributed by atoms with Crippen molar-refractivity contribution in [2.24, 2.45) is 5.92 Å². The summed E-state index contributed by atoms with van der Waals surface area (Å²) in [5, 5.41) is 10.3. The monoisotopic (exact) mass is 237 g/mol. The van der Waals surface area contributed by atoms with E-state index in [-0.39, 0.29) is 17.7 Å². The number of hydrogen-bond donors (Lipinski definition) is 1. The summed E-state index contributed by atoms with van der Waals surface area (Å²) in [6.45, 7) is 6.48. The zero-order valence-electron chi connectivity index (χ0n) is 10.8. The molecule has 1 saturated heterocycles. The van der Waals surface area contributed by atoms with Crippen LogP contribution in [0.2, 0.25) is 0 Å². The molecule has 17 heavy (non-hydrogen) atoms. The minimum Gasteiger partial charge on any atom is -0.391 e. The molecule has 1 heterocycles. The molecule has 1 aliphatic heterocycles. The summed E-state index contributed by atoms with van der Waals surface area (Å²) in [6.07, 6.45) is 7.26. The molecule has 0 aliphatic carbocycles. The van der Waals surface area contributed by atoms with Crippen LogP contribution in [-0.4, -0.2) is 41.5 Å². The van der Waals surface area contributed by atoms with Crippen LogP contribution in [0.15, 0.2) is 24.8 Å². The molecule has 3 unspecified atom stereocenters. The Labute approximate surface area is 104 Å². The number of ketones is 1. The molecule has 0 aromatic heterocycles. The predicted octanol–water partition coefficient (Wildman–Crippen LogP) is 1.78. The zero-order valence-corrected chi connectivity index (χ0v) is 10.8. The largest absolute Gasteiger partial charge is 0.391 e. The second kappa shape index (κ2) is 6.72. The smallest absolute Gasteiger partial charge is 0.152 e. The van der Waals surface area contributed by atoms with Crippen LogP contribution in [0.25, 0.3) is 0 Å². The number of rotatable bonds is 5. The van der Waals surface area contributed by atoms with E-state index in [2.05, 4.69) is 6.58 Å². The van der Waals surface area contributed by atoms with Crippen molar-refractivity contribution in [2.45, 2.75) is 38.3 Å². The molecular weight excluding hydrogens is 214 g/mol. The minimum absolute atomic E-state index is 0.0840. The highest BCUT2D eigenvalue weighted by Crippen LogP contribution is 2.21. The normalized spacial score (nSPS) is 26.1. The maximum absolute atomic E-state index is 11.8. The highest BCUT2D eigenvalue weighted by Gasteiger charge is 2.35. The number of likely N-dealkylation sites (N-methyl/N-ethyl adjacent to an activating group) is 1. The van der Waals surface area contributed by atoms with Crippen LogP contribution in [0.3, 0.4) is 0 Å². The molecule has 1 aliphatic rings. The molecule has 0 amide bonds. The van der Waals surface area contributed by atoms with Crippen LogP contribution in [0.1, 0.15) is 26.2 Å². The van der Waals surface area contributed by atoms with E-state index in [1.54, 1.807) is 6.08 Å². The fourth-order valence-corrected chi connectivity index (χ4v) is 2.33. The van der Waals surface area contributed by atoms with Crippen molar-refractivity contribution in [3.63, 3.8) is 0 Å². The fraction of sp³-hybridized carbons (Fsp3) is 0.643. The second-order valence-electron chi connectivity index (χ2n) is 4.86. The Bertz CT molecular complexity index is 299. The van der Waals surface area contributed by atoms with E-state index in [0.29, 0.717) is 6.42 Å². The number of carbonyl (C=O) groups excluding carboxylic acids is 1. The Balaban J connectivity index is 2.59. The van der Waals surface area contributed by atoms with E-state index in [4.69, 9.17) is 0 Å². The summed E-state index contributed by atoms with van der Waals surface area (Å²) in [7, 11) is 1.91. The number of aliphatic hydroxyl groups excluding tert-OH is 1. The molecule has 0 saturated carbocycles. The molecule has 3 heteroatoms. The lowest BCUT2D eigenvalue weighted by Crippen LogP contribution is -2.52. The highest BCUT2D eigenvalue weighted by atomic mass is 16.3. The van der Waals surface area contributed by atoms with E-state index >= 15 is 0 Å². The molecule has 0 spiro atoms. The number of hydrogen-bond acceptors (Lipinski definition) is 3. The zero-order chi connectivity index (χ0) is 12.8. The number of carbonyl (C=O) groups is 1. The summed E-state index contributed by atoms with van der Waals surface area (Å²) in [6, 6.07) is -0.323. The van der Waals surface area contributed by atoms with Gasteiger partial charge in [-0.3, -0.25) is 9.69 Å². The SMILES string of the molecule is C=C/C=C\CC(C)C(O)C1C(=O)CCCN1C. The van der Waals surface area contributed by atoms with Crippen LogP contribution >= 0.6 is 0 Å². The predicted molar refractivity (Wildman–Crippen MR) is 69.8 cm³/mol. The van der Waals surface area contributed by atoms with E-state index in [0.717, 1.165) is 19.4 Å². The van der Waals surface area contributed by atoms with Crippen molar-refractivity contribution in [1.29, 1.82) is 0 Å². The fourth-order valence-electron chi connectivity index (χ4n) is 2.33. The van der Waals surface area contributed by atoms with Crippen LogP contribution in [0.5, 0.6) is 0 Å². The van der Waals surface area contributed by atoms with E-state index < -0.39 is 6.10 Å². The minimum atomic E-state index is -0.581. The molecule has 0 bridgehead atoms. The first-order valence-corrected chi connectivity index (χ1v) is 6.26. The van der Waals surface area contributed by atoms with Gasteiger partial charge in [-0.15, -0.1) is 0 Å². The molecule has 0 radical (unpaired) electrons. The molecule has 96 valence electrons. The third-order valence-electron chi connectivity index (χ3n) is 3.43. The van der Waals surface area contributed by atoms with Gasteiger partial charge in [0, 0.05) is 6.42 Å². The molecular formula is C14H23NO2. The third kappa shape index (κ3) is 3.79. The summed E-state index contributed by atoms with van der Waals surface area (Å²) in [5.41, 5.74) is 0. The Morgan fingerprint density at radius 3 is 2.94 bits per heavy atom. The molecule has 3 atom stereocenters. The Kier molecular flexibility index (Phi) is 5.59. The van der Waals surface area contributed by atoms with Gasteiger partial charge in [0.1, 0.15) is 0 Å². The second-order valence-corrected chi connectivity index (χ2v) is 4.86. The lowest BCUT2D eigenvalue weighted by molar-refractivity contribution is -0.132. The first-order valence-electron chi connectivity index (χ1n) is 6.26. The van der Waals surface area contributed by atoms with Gasteiger partial charge in [-0.05, 0) is 32.4 Å². The van der Waals surface area contributed by atoms with Gasteiger partial charge in [0.15, 0.2) is 5.78 Å². The topological polar surface area (TPSA) is 40.5 Å². The molecule has 1 rings (SSSR count). The average Bonchev–Trinajstić information content (AvgIpc) is 2.28. The van der Waals surface area contributed by atoms with Crippen molar-refractivity contribution in [3.8, 4) is 0 Å². The van der Waals surface area contributed by atoms with Crippen molar-refractivity contribution in [3.05, 3.63) is 24.8 Å². The van der Waals surface area contributed by atoms with Gasteiger partial charge in [0.2, 0.25) is 0 Å². The van der Waals surface area contributed by atoms with Gasteiger partial charge in [-0.1, -0.05) is 31.7 Å². The lowest BCUT2D eigenvalue weighted by Gasteiger charge is -2.36. The average molecular weight is 237 g/mol. The number of aliphatic hydroxyl groups is 1. The number of Topliss-reactive ketones (excluding diaryl/α,β-unsaturated/α-hetero) is 1. The quantitative estimate of drug-likeness (QED) is 0.741. The summed E-state index contributed by atoms with van der Waals surface area (Å²) < 4.78 is 0. The maximum atomic E-state index is 11.8. The molecule has 1 fully saturated rings. The summed E-state index contributed by atoms with van der Waals surface area (Å²) >= 11 is 0. The maximum Gasteiger partial charge on any atom is 0.152 e. The summed E-state index contributed by atoms with van der Waals surface area (Å²) in [5.74, 6) is 0.256. The highest BCUT2D eigenvalue weighted by molar-refractivity contribution is 5.85. The van der Waals surface area contributed by atoms with Crippen molar-refractivity contribution < 1.29 is 9.90 Å². The number of nitrogens with zero attached hydrogens (tertiary/aromatic N) is 1. The Morgan fingerprint density at radius 2 is 2.35 bits per heavy atom. The Morgan fingerprint density at radius 1 is 1.65 bits per heavy atom. The van der Waals surface area contributed by atoms with E-state index in [9.17, 15) is 9.90 Å². The van der Waals surface area contributed by atoms with Crippen LogP contribution < -0.4 is 0 Å². The molecule has 1 N–H and O–H groups in total. The van der Waals surface area contributed by atoms with Crippen molar-refractivity contribution in [1.82, 2.24) is 4.90 Å². The van der Waals surface area contributed by atoms with Gasteiger partial charge in [0.05, 0.1) is 12.1 Å². The summed E-state index contributed by atoms with van der Waals surface area (Å²) in [4.78, 5) is 13.8. The van der Waals surface area contributed by atoms with Crippen molar-refractivity contribution in [2.75, 3.05) is 13.6 Å². The van der Waals surface area contributed by atoms with Gasteiger partial charge in [0.25, 0.3) is 0 Å². The van der Waals surface area contributed by atoms with Crippen molar-refractivity contribution >= 4 is 5.78 Å². The molecule has 0 aromatic carbocycles. The van der Waals surface area contributed by atoms with Crippen LogP contribution in [0, 0.1) is 5.92 Å². The number of allylic oxidation sites excluding steroid dienone is 3. The van der Waals surface area contributed by atoms with E-state index in [1.165, 1.54) is 0 Å². The number of piperidine rings is 1. The lowest BCUT2D eigenvalue weighted by atomic mass is 9.88. The van der Waals surface area contributed by atoms with Gasteiger partial charge < -0.3 is 5.11 Å². The van der Waals surface area contributed by atoms with Crippen LogP contribution in [-0.2, 0) is 4.79 Å². The van der Waals surface area contributed by atoms with Gasteiger partial charge in [-0.2, -0.15) is 0 Å². The van der Waals surface area contributed by atoms with Crippen LogP contribution in [0.4, 0.5) is 0 Å². The first kappa shape index (κ1) is 14.1. The third-order valence-corrected chi connectivity index (χ3v) is 3.43. The first-order chi connectivity index (χ1) is 8.07. The number of likely N-dealkylation sites (tertiary alicyclic amines) is 1. The van der Waals surface area contributed by atoms with Gasteiger partial charge in [-0.25, -0.2) is 0 Å². The van der Waals surface area contributed by atoms with Gasteiger partial charge >= 0.3 is 0 Å². The Hall–Kier alpha value is -0.930. The molecule has 3 nitrogen and oxygen atoms in total.